The van der Waals surface area contributed by atoms with E-state index < -0.39 is 5.97 Å². The van der Waals surface area contributed by atoms with E-state index in [4.69, 9.17) is 9.52 Å². The number of aromatic amines is 1. The molecule has 0 spiro atoms. The highest BCUT2D eigenvalue weighted by Gasteiger charge is 2.18. The first-order valence-electron chi connectivity index (χ1n) is 8.50. The monoisotopic (exact) mass is 395 g/mol. The van der Waals surface area contributed by atoms with Crippen molar-refractivity contribution >= 4 is 34.8 Å². The van der Waals surface area contributed by atoms with Crippen LogP contribution in [0.5, 0.6) is 0 Å². The zero-order chi connectivity index (χ0) is 19.7. The highest BCUT2D eigenvalue weighted by molar-refractivity contribution is 7.99. The Balaban J connectivity index is 1.79. The van der Waals surface area contributed by atoms with Crippen LogP contribution < -0.4 is 0 Å². The lowest BCUT2D eigenvalue weighted by Crippen LogP contribution is -2.02. The molecule has 0 aliphatic heterocycles. The molecule has 0 aliphatic carbocycles. The highest BCUT2D eigenvalue weighted by atomic mass is 32.2. The van der Waals surface area contributed by atoms with Crippen LogP contribution in [-0.4, -0.2) is 42.9 Å². The third-order valence-corrected chi connectivity index (χ3v) is 5.19. The number of carboxylic acid groups (broad SMARTS) is 1. The molecule has 28 heavy (non-hydrogen) atoms. The zero-order valence-corrected chi connectivity index (χ0v) is 16.0. The summed E-state index contributed by atoms with van der Waals surface area (Å²) in [7, 11) is 0. The number of thioether (sulfide) groups is 1. The Morgan fingerprint density at radius 1 is 1.32 bits per heavy atom. The summed E-state index contributed by atoms with van der Waals surface area (Å²) in [5.41, 5.74) is 3.71. The molecule has 142 valence electrons. The molecule has 9 heteroatoms. The average Bonchev–Trinajstić information content (AvgIpc) is 3.34. The molecule has 0 saturated heterocycles. The molecule has 0 aliphatic rings. The standard InChI is InChI=1S/C19H17N5O3S/c1-11-15(14-5-3-4-6-16(14)21-11)9-20-24-18(13-7-8-27-12(13)2)22-23-19(24)28-10-17(25)26/h3-9,21H,10H2,1-2H3,(H,25,26)/b20-9+. The minimum Gasteiger partial charge on any atom is -0.481 e. The van der Waals surface area contributed by atoms with Gasteiger partial charge in [-0.1, -0.05) is 30.0 Å². The maximum atomic E-state index is 11.0. The largest absolute Gasteiger partial charge is 0.481 e. The van der Waals surface area contributed by atoms with E-state index in [1.165, 1.54) is 0 Å². The fourth-order valence-electron chi connectivity index (χ4n) is 2.95. The Hall–Kier alpha value is -3.33. The van der Waals surface area contributed by atoms with E-state index in [0.29, 0.717) is 16.7 Å². The second-order valence-electron chi connectivity index (χ2n) is 6.14. The summed E-state index contributed by atoms with van der Waals surface area (Å²) in [4.78, 5) is 14.3. The van der Waals surface area contributed by atoms with Gasteiger partial charge in [0.1, 0.15) is 5.76 Å². The van der Waals surface area contributed by atoms with Crippen LogP contribution in [0.3, 0.4) is 0 Å². The van der Waals surface area contributed by atoms with Gasteiger partial charge in [0.25, 0.3) is 0 Å². The molecule has 3 aromatic heterocycles. The lowest BCUT2D eigenvalue weighted by molar-refractivity contribution is -0.133. The third kappa shape index (κ3) is 3.31. The molecule has 0 radical (unpaired) electrons. The van der Waals surface area contributed by atoms with Crippen LogP contribution in [0.2, 0.25) is 0 Å². The lowest BCUT2D eigenvalue weighted by Gasteiger charge is -2.03. The van der Waals surface area contributed by atoms with Gasteiger partial charge in [0, 0.05) is 22.2 Å². The summed E-state index contributed by atoms with van der Waals surface area (Å²) >= 11 is 1.06. The molecule has 1 aromatic carbocycles. The van der Waals surface area contributed by atoms with Crippen molar-refractivity contribution in [2.75, 3.05) is 5.75 Å². The van der Waals surface area contributed by atoms with E-state index in [1.807, 2.05) is 38.1 Å². The highest BCUT2D eigenvalue weighted by Crippen LogP contribution is 2.27. The number of fused-ring (bicyclic) bond motifs is 1. The molecule has 8 nitrogen and oxygen atoms in total. The number of nitrogens with one attached hydrogen (secondary N) is 1. The van der Waals surface area contributed by atoms with Crippen LogP contribution in [0, 0.1) is 13.8 Å². The SMILES string of the molecule is Cc1[nH]c2ccccc2c1/C=N/n1c(SCC(=O)O)nnc1-c1ccoc1C. The van der Waals surface area contributed by atoms with Gasteiger partial charge in [-0.05, 0) is 26.0 Å². The summed E-state index contributed by atoms with van der Waals surface area (Å²) in [6, 6.07) is 9.76. The van der Waals surface area contributed by atoms with E-state index in [2.05, 4.69) is 20.3 Å². The van der Waals surface area contributed by atoms with Crippen LogP contribution in [-0.2, 0) is 4.79 Å². The van der Waals surface area contributed by atoms with Crippen molar-refractivity contribution in [1.82, 2.24) is 19.9 Å². The van der Waals surface area contributed by atoms with Gasteiger partial charge >= 0.3 is 5.97 Å². The summed E-state index contributed by atoms with van der Waals surface area (Å²) in [5, 5.41) is 23.4. The van der Waals surface area contributed by atoms with Gasteiger partial charge in [0.15, 0.2) is 5.82 Å². The number of aromatic nitrogens is 4. The normalized spacial score (nSPS) is 11.6. The Morgan fingerprint density at radius 2 is 2.14 bits per heavy atom. The smallest absolute Gasteiger partial charge is 0.313 e. The molecule has 4 aromatic rings. The first-order chi connectivity index (χ1) is 13.5. The van der Waals surface area contributed by atoms with E-state index in [0.717, 1.165) is 39.5 Å². The molecule has 4 rings (SSSR count). The van der Waals surface area contributed by atoms with Gasteiger partial charge < -0.3 is 14.5 Å². The quantitative estimate of drug-likeness (QED) is 0.381. The van der Waals surface area contributed by atoms with Crippen molar-refractivity contribution in [3.05, 3.63) is 53.6 Å². The number of carboxylic acids is 1. The number of aryl methyl sites for hydroxylation is 2. The van der Waals surface area contributed by atoms with Crippen molar-refractivity contribution in [3.63, 3.8) is 0 Å². The fraction of sp³-hybridized carbons (Fsp3) is 0.158. The average molecular weight is 395 g/mol. The summed E-state index contributed by atoms with van der Waals surface area (Å²) < 4.78 is 6.92. The van der Waals surface area contributed by atoms with E-state index in [1.54, 1.807) is 23.2 Å². The minimum absolute atomic E-state index is 0.135. The zero-order valence-electron chi connectivity index (χ0n) is 15.2. The molecule has 0 bridgehead atoms. The number of carbonyl (C=O) groups is 1. The maximum absolute atomic E-state index is 11.0. The van der Waals surface area contributed by atoms with Crippen molar-refractivity contribution < 1.29 is 14.3 Å². The van der Waals surface area contributed by atoms with Crippen LogP contribution in [0.15, 0.2) is 51.3 Å². The van der Waals surface area contributed by atoms with Crippen LogP contribution in [0.4, 0.5) is 0 Å². The number of aliphatic carboxylic acids is 1. The molecule has 3 heterocycles. The molecule has 2 N–H and O–H groups in total. The van der Waals surface area contributed by atoms with Crippen molar-refractivity contribution in [3.8, 4) is 11.4 Å². The Bertz CT molecular complexity index is 1190. The molecular weight excluding hydrogens is 378 g/mol. The number of benzene rings is 1. The minimum atomic E-state index is -0.933. The first-order valence-corrected chi connectivity index (χ1v) is 9.49. The molecule has 0 unspecified atom stereocenters. The number of H-pyrrole nitrogens is 1. The van der Waals surface area contributed by atoms with Gasteiger partial charge in [-0.15, -0.1) is 10.2 Å². The number of hydrogen-bond donors (Lipinski definition) is 2. The van der Waals surface area contributed by atoms with Crippen molar-refractivity contribution in [2.45, 2.75) is 19.0 Å². The predicted octanol–water partition coefficient (Wildman–Crippen LogP) is 3.70. The second kappa shape index (κ2) is 7.35. The number of para-hydroxylation sites is 1. The summed E-state index contributed by atoms with van der Waals surface area (Å²) in [5.74, 6) is 0.108. The van der Waals surface area contributed by atoms with Gasteiger partial charge in [0.05, 0.1) is 23.8 Å². The molecule has 0 amide bonds. The molecular formula is C19H17N5O3S. The number of rotatable bonds is 6. The number of hydrogen-bond acceptors (Lipinski definition) is 6. The van der Waals surface area contributed by atoms with Crippen LogP contribution in [0.1, 0.15) is 17.0 Å². The Kier molecular flexibility index (Phi) is 4.74. The number of nitrogens with zero attached hydrogens (tertiary/aromatic N) is 4. The van der Waals surface area contributed by atoms with Crippen molar-refractivity contribution in [1.29, 1.82) is 0 Å². The van der Waals surface area contributed by atoms with E-state index >= 15 is 0 Å². The summed E-state index contributed by atoms with van der Waals surface area (Å²) in [6.45, 7) is 3.81. The van der Waals surface area contributed by atoms with Gasteiger partial charge in [0.2, 0.25) is 5.16 Å². The first kappa shape index (κ1) is 18.1. The second-order valence-corrected chi connectivity index (χ2v) is 7.09. The summed E-state index contributed by atoms with van der Waals surface area (Å²) in [6.07, 6.45) is 3.31. The molecule has 0 saturated carbocycles. The van der Waals surface area contributed by atoms with E-state index in [9.17, 15) is 4.79 Å². The fourth-order valence-corrected chi connectivity index (χ4v) is 3.56. The Labute approximate surface area is 164 Å². The molecule has 0 fully saturated rings. The van der Waals surface area contributed by atoms with Crippen LogP contribution in [0.25, 0.3) is 22.3 Å². The topological polar surface area (TPSA) is 109 Å². The Morgan fingerprint density at radius 3 is 2.89 bits per heavy atom. The number of furan rings is 1. The third-order valence-electron chi connectivity index (χ3n) is 4.28. The predicted molar refractivity (Wildman–Crippen MR) is 107 cm³/mol. The van der Waals surface area contributed by atoms with Gasteiger partial charge in [-0.2, -0.15) is 9.78 Å². The van der Waals surface area contributed by atoms with E-state index in [-0.39, 0.29) is 5.75 Å². The molecule has 0 atom stereocenters. The lowest BCUT2D eigenvalue weighted by atomic mass is 10.1. The van der Waals surface area contributed by atoms with Crippen molar-refractivity contribution in [2.24, 2.45) is 5.10 Å². The van der Waals surface area contributed by atoms with Gasteiger partial charge in [-0.3, -0.25) is 4.79 Å². The van der Waals surface area contributed by atoms with Gasteiger partial charge in [-0.25, -0.2) is 0 Å². The van der Waals surface area contributed by atoms with Crippen LogP contribution >= 0.6 is 11.8 Å². The maximum Gasteiger partial charge on any atom is 0.313 e.